The summed E-state index contributed by atoms with van der Waals surface area (Å²) < 4.78 is 27.1. The lowest BCUT2D eigenvalue weighted by molar-refractivity contribution is -0.127. The van der Waals surface area contributed by atoms with E-state index in [2.05, 4.69) is 10.2 Å². The van der Waals surface area contributed by atoms with Gasteiger partial charge in [-0.3, -0.25) is 4.79 Å². The fraction of sp³-hybridized carbons (Fsp3) is 0.348. The number of rotatable bonds is 7. The van der Waals surface area contributed by atoms with E-state index in [-0.39, 0.29) is 11.8 Å². The number of benzene rings is 1. The van der Waals surface area contributed by atoms with Crippen molar-refractivity contribution < 1.29 is 27.8 Å². The second-order valence-electron chi connectivity index (χ2n) is 7.31. The first-order valence-electron chi connectivity index (χ1n) is 10.3. The smallest absolute Gasteiger partial charge is 0.283 e. The third-order valence-electron chi connectivity index (χ3n) is 5.43. The third kappa shape index (κ3) is 4.46. The monoisotopic (exact) mass is 439 g/mol. The summed E-state index contributed by atoms with van der Waals surface area (Å²) in [6.07, 6.45) is 6.37. The molecule has 1 aliphatic heterocycles. The Hall–Kier alpha value is -3.75. The molecule has 168 valence electrons. The van der Waals surface area contributed by atoms with Gasteiger partial charge < -0.3 is 27.9 Å². The van der Waals surface area contributed by atoms with Crippen molar-refractivity contribution in [3.8, 4) is 28.9 Å². The quantitative estimate of drug-likeness (QED) is 0.513. The highest BCUT2D eigenvalue weighted by Crippen LogP contribution is 2.38. The highest BCUT2D eigenvalue weighted by molar-refractivity contribution is 5.92. The molecule has 0 spiro atoms. The molecule has 9 heteroatoms. The molecule has 0 unspecified atom stereocenters. The van der Waals surface area contributed by atoms with Crippen LogP contribution in [-0.2, 0) is 4.79 Å². The van der Waals surface area contributed by atoms with Crippen LogP contribution in [0.15, 0.2) is 45.4 Å². The molecule has 1 aliphatic rings. The summed E-state index contributed by atoms with van der Waals surface area (Å²) in [5.41, 5.74) is 0.777. The summed E-state index contributed by atoms with van der Waals surface area (Å²) in [6, 6.07) is 7.14. The lowest BCUT2D eigenvalue weighted by Crippen LogP contribution is -2.36. The maximum absolute atomic E-state index is 12.7. The van der Waals surface area contributed by atoms with E-state index in [4.69, 9.17) is 23.0 Å². The van der Waals surface area contributed by atoms with E-state index in [1.165, 1.54) is 0 Å². The zero-order valence-corrected chi connectivity index (χ0v) is 18.2. The van der Waals surface area contributed by atoms with Crippen LogP contribution in [0.3, 0.4) is 0 Å². The number of methoxy groups -OCH3 is 3. The molecule has 3 aromatic rings. The molecule has 0 N–H and O–H groups in total. The lowest BCUT2D eigenvalue weighted by Gasteiger charge is -2.29. The minimum atomic E-state index is -0.0565. The molecule has 2 aromatic heterocycles. The Bertz CT molecular complexity index is 1060. The standard InChI is InChI=1S/C23H25N3O6/c1-28-18-13-15(14-19(29-2)21(18)30-3)6-7-20(27)26-10-8-16(9-11-26)22-24-25-23(32-22)17-5-4-12-31-17/h4-7,12-14,16H,8-11H2,1-3H3/b7-6+. The molecule has 0 atom stereocenters. The SMILES string of the molecule is COc1cc(/C=C/C(=O)N2CCC(c3nnc(-c4ccco4)o3)CC2)cc(OC)c1OC. The summed E-state index contributed by atoms with van der Waals surface area (Å²) in [5, 5.41) is 8.22. The third-order valence-corrected chi connectivity index (χ3v) is 5.43. The molecular formula is C23H25N3O6. The van der Waals surface area contributed by atoms with E-state index in [1.807, 2.05) is 4.90 Å². The van der Waals surface area contributed by atoms with Crippen LogP contribution in [0, 0.1) is 0 Å². The van der Waals surface area contributed by atoms with Crippen LogP contribution in [-0.4, -0.2) is 55.4 Å². The van der Waals surface area contributed by atoms with Crippen LogP contribution in [0.1, 0.15) is 30.2 Å². The highest BCUT2D eigenvalue weighted by Gasteiger charge is 2.27. The van der Waals surface area contributed by atoms with Gasteiger partial charge in [0, 0.05) is 25.1 Å². The van der Waals surface area contributed by atoms with Gasteiger partial charge in [-0.15, -0.1) is 10.2 Å². The fourth-order valence-electron chi connectivity index (χ4n) is 3.72. The number of nitrogens with zero attached hydrogens (tertiary/aromatic N) is 3. The Balaban J connectivity index is 1.37. The molecule has 1 saturated heterocycles. The zero-order valence-electron chi connectivity index (χ0n) is 18.2. The zero-order chi connectivity index (χ0) is 22.5. The normalized spacial score (nSPS) is 14.7. The van der Waals surface area contributed by atoms with Crippen LogP contribution in [0.2, 0.25) is 0 Å². The maximum atomic E-state index is 12.7. The second kappa shape index (κ2) is 9.59. The average Bonchev–Trinajstić information content (AvgIpc) is 3.54. The van der Waals surface area contributed by atoms with E-state index in [0.717, 1.165) is 18.4 Å². The van der Waals surface area contributed by atoms with Crippen LogP contribution >= 0.6 is 0 Å². The Morgan fingerprint density at radius 3 is 2.41 bits per heavy atom. The van der Waals surface area contributed by atoms with Crippen molar-refractivity contribution in [1.29, 1.82) is 0 Å². The van der Waals surface area contributed by atoms with Gasteiger partial charge >= 0.3 is 0 Å². The molecule has 1 aromatic carbocycles. The number of carbonyl (C=O) groups is 1. The molecule has 1 amide bonds. The number of hydrogen-bond donors (Lipinski definition) is 0. The van der Waals surface area contributed by atoms with E-state index in [0.29, 0.717) is 47.9 Å². The van der Waals surface area contributed by atoms with Gasteiger partial charge in [-0.05, 0) is 48.7 Å². The van der Waals surface area contributed by atoms with Gasteiger partial charge in [0.25, 0.3) is 5.89 Å². The topological polar surface area (TPSA) is 100 Å². The fourth-order valence-corrected chi connectivity index (χ4v) is 3.72. The minimum Gasteiger partial charge on any atom is -0.493 e. The molecule has 0 saturated carbocycles. The molecule has 0 aliphatic carbocycles. The van der Waals surface area contributed by atoms with Crippen molar-refractivity contribution >= 4 is 12.0 Å². The van der Waals surface area contributed by atoms with Gasteiger partial charge in [-0.2, -0.15) is 0 Å². The van der Waals surface area contributed by atoms with Crippen molar-refractivity contribution in [3.63, 3.8) is 0 Å². The van der Waals surface area contributed by atoms with Gasteiger partial charge in [0.05, 0.1) is 27.6 Å². The van der Waals surface area contributed by atoms with E-state index in [1.54, 1.807) is 64.0 Å². The summed E-state index contributed by atoms with van der Waals surface area (Å²) >= 11 is 0. The second-order valence-corrected chi connectivity index (χ2v) is 7.31. The molecule has 9 nitrogen and oxygen atoms in total. The van der Waals surface area contributed by atoms with Crippen molar-refractivity contribution in [1.82, 2.24) is 15.1 Å². The molecule has 3 heterocycles. The van der Waals surface area contributed by atoms with Crippen LogP contribution in [0.5, 0.6) is 17.2 Å². The number of furan rings is 1. The van der Waals surface area contributed by atoms with E-state index >= 15 is 0 Å². The molecule has 0 radical (unpaired) electrons. The molecule has 1 fully saturated rings. The summed E-state index contributed by atoms with van der Waals surface area (Å²) in [6.45, 7) is 1.23. The molecular weight excluding hydrogens is 414 g/mol. The lowest BCUT2D eigenvalue weighted by atomic mass is 9.97. The number of ether oxygens (including phenoxy) is 3. The Morgan fingerprint density at radius 1 is 1.09 bits per heavy atom. The van der Waals surface area contributed by atoms with E-state index < -0.39 is 0 Å². The molecule has 4 rings (SSSR count). The number of amides is 1. The highest BCUT2D eigenvalue weighted by atomic mass is 16.5. The average molecular weight is 439 g/mol. The van der Waals surface area contributed by atoms with Crippen LogP contribution in [0.25, 0.3) is 17.7 Å². The molecule has 0 bridgehead atoms. The number of likely N-dealkylation sites (tertiary alicyclic amines) is 1. The van der Waals surface area contributed by atoms with Crippen LogP contribution in [0.4, 0.5) is 0 Å². The summed E-state index contributed by atoms with van der Waals surface area (Å²) in [5.74, 6) is 3.15. The first-order valence-corrected chi connectivity index (χ1v) is 10.3. The number of aromatic nitrogens is 2. The van der Waals surface area contributed by atoms with E-state index in [9.17, 15) is 4.79 Å². The Labute approximate surface area is 185 Å². The first-order chi connectivity index (χ1) is 15.6. The largest absolute Gasteiger partial charge is 0.493 e. The van der Waals surface area contributed by atoms with Crippen molar-refractivity contribution in [3.05, 3.63) is 48.1 Å². The maximum Gasteiger partial charge on any atom is 0.283 e. The first kappa shape index (κ1) is 21.5. The summed E-state index contributed by atoms with van der Waals surface area (Å²) in [7, 11) is 4.66. The van der Waals surface area contributed by atoms with Gasteiger partial charge in [-0.25, -0.2) is 0 Å². The van der Waals surface area contributed by atoms with Crippen molar-refractivity contribution in [2.45, 2.75) is 18.8 Å². The van der Waals surface area contributed by atoms with Gasteiger partial charge in [0.1, 0.15) is 0 Å². The van der Waals surface area contributed by atoms with Gasteiger partial charge in [-0.1, -0.05) is 0 Å². The number of hydrogen-bond acceptors (Lipinski definition) is 8. The van der Waals surface area contributed by atoms with Gasteiger partial charge in [0.2, 0.25) is 17.5 Å². The van der Waals surface area contributed by atoms with Gasteiger partial charge in [0.15, 0.2) is 17.3 Å². The predicted octanol–water partition coefficient (Wildman–Crippen LogP) is 3.77. The Morgan fingerprint density at radius 2 is 1.81 bits per heavy atom. The molecule has 32 heavy (non-hydrogen) atoms. The minimum absolute atomic E-state index is 0.0565. The van der Waals surface area contributed by atoms with Crippen molar-refractivity contribution in [2.24, 2.45) is 0 Å². The van der Waals surface area contributed by atoms with Crippen molar-refractivity contribution in [2.75, 3.05) is 34.4 Å². The van der Waals surface area contributed by atoms with Crippen LogP contribution < -0.4 is 14.2 Å². The number of carbonyl (C=O) groups excluding carboxylic acids is 1. The number of piperidine rings is 1. The Kier molecular flexibility index (Phi) is 6.44. The summed E-state index contributed by atoms with van der Waals surface area (Å²) in [4.78, 5) is 14.5. The predicted molar refractivity (Wildman–Crippen MR) is 116 cm³/mol.